The largest absolute Gasteiger partial charge is 0.244 e. The first-order chi connectivity index (χ1) is 9.33. The molecule has 0 amide bonds. The maximum atomic E-state index is 4.71. The van der Waals surface area contributed by atoms with Crippen LogP contribution in [0.2, 0.25) is 0 Å². The maximum Gasteiger partial charge on any atom is 0.166 e. The van der Waals surface area contributed by atoms with Crippen molar-refractivity contribution in [2.24, 2.45) is 0 Å². The molecular formula is C15H22N2S2. The van der Waals surface area contributed by atoms with Crippen molar-refractivity contribution < 1.29 is 0 Å². The third-order valence-electron chi connectivity index (χ3n) is 3.00. The molecule has 0 aliphatic rings. The molecule has 0 aliphatic carbocycles. The second kappa shape index (κ2) is 7.88. The first-order valence-electron chi connectivity index (χ1n) is 7.12. The average Bonchev–Trinajstić information content (AvgIpc) is 2.84. The minimum Gasteiger partial charge on any atom is -0.244 e. The van der Waals surface area contributed by atoms with E-state index in [2.05, 4.69) is 42.4 Å². The van der Waals surface area contributed by atoms with Gasteiger partial charge in [-0.2, -0.15) is 0 Å². The summed E-state index contributed by atoms with van der Waals surface area (Å²) in [7, 11) is 0. The summed E-state index contributed by atoms with van der Waals surface area (Å²) in [5, 5.41) is 0. The van der Waals surface area contributed by atoms with Crippen LogP contribution in [0.3, 0.4) is 0 Å². The molecule has 4 heteroatoms. The van der Waals surface area contributed by atoms with Gasteiger partial charge in [-0.25, -0.2) is 9.29 Å². The van der Waals surface area contributed by atoms with Gasteiger partial charge in [0.15, 0.2) is 4.34 Å². The van der Waals surface area contributed by atoms with E-state index in [1.165, 1.54) is 34.7 Å². The van der Waals surface area contributed by atoms with Crippen LogP contribution in [0.5, 0.6) is 0 Å². The van der Waals surface area contributed by atoms with E-state index < -0.39 is 0 Å². The number of unbranched alkanes of at least 4 members (excludes halogenated alkanes) is 2. The fraction of sp³-hybridized carbons (Fsp3) is 0.533. The lowest BCUT2D eigenvalue weighted by atomic mass is 10.3. The molecule has 0 saturated heterocycles. The number of para-hydroxylation sites is 1. The van der Waals surface area contributed by atoms with E-state index in [1.807, 2.05) is 11.9 Å². The van der Waals surface area contributed by atoms with Gasteiger partial charge in [0.1, 0.15) is 0 Å². The Kier molecular flexibility index (Phi) is 6.14. The Bertz CT molecular complexity index is 455. The monoisotopic (exact) mass is 294 g/mol. The minimum atomic E-state index is 1.13. The van der Waals surface area contributed by atoms with Crippen LogP contribution in [-0.2, 0) is 0 Å². The van der Waals surface area contributed by atoms with Gasteiger partial charge >= 0.3 is 0 Å². The van der Waals surface area contributed by atoms with Crippen molar-refractivity contribution in [2.45, 2.75) is 43.9 Å². The maximum absolute atomic E-state index is 4.71. The number of thiazole rings is 1. The molecule has 0 fully saturated rings. The van der Waals surface area contributed by atoms with Crippen LogP contribution in [-0.4, -0.2) is 22.4 Å². The Morgan fingerprint density at radius 3 is 2.42 bits per heavy atom. The Morgan fingerprint density at radius 2 is 1.79 bits per heavy atom. The van der Waals surface area contributed by atoms with E-state index in [0.717, 1.165) is 18.6 Å². The molecule has 1 aromatic heterocycles. The molecule has 0 N–H and O–H groups in total. The van der Waals surface area contributed by atoms with Crippen LogP contribution in [0.25, 0.3) is 10.2 Å². The highest BCUT2D eigenvalue weighted by atomic mass is 32.2. The number of hydrogen-bond acceptors (Lipinski definition) is 4. The van der Waals surface area contributed by atoms with Gasteiger partial charge in [0, 0.05) is 13.1 Å². The Balaban J connectivity index is 2.01. The van der Waals surface area contributed by atoms with Crippen molar-refractivity contribution in [1.29, 1.82) is 0 Å². The molecule has 19 heavy (non-hydrogen) atoms. The zero-order chi connectivity index (χ0) is 13.5. The van der Waals surface area contributed by atoms with Gasteiger partial charge < -0.3 is 0 Å². The molecule has 1 heterocycles. The summed E-state index contributed by atoms with van der Waals surface area (Å²) in [5.41, 5.74) is 1.13. The summed E-state index contributed by atoms with van der Waals surface area (Å²) >= 11 is 3.64. The van der Waals surface area contributed by atoms with E-state index in [4.69, 9.17) is 4.98 Å². The van der Waals surface area contributed by atoms with Gasteiger partial charge in [-0.15, -0.1) is 11.3 Å². The number of aromatic nitrogens is 1. The molecule has 0 unspecified atom stereocenters. The van der Waals surface area contributed by atoms with Gasteiger partial charge in [-0.3, -0.25) is 0 Å². The normalized spacial score (nSPS) is 11.5. The first-order valence-corrected chi connectivity index (χ1v) is 8.71. The van der Waals surface area contributed by atoms with Crippen molar-refractivity contribution >= 4 is 33.5 Å². The van der Waals surface area contributed by atoms with E-state index in [1.54, 1.807) is 11.3 Å². The van der Waals surface area contributed by atoms with Gasteiger partial charge in [0.2, 0.25) is 0 Å². The van der Waals surface area contributed by atoms with Gasteiger partial charge in [0.05, 0.1) is 10.2 Å². The topological polar surface area (TPSA) is 16.1 Å². The van der Waals surface area contributed by atoms with Gasteiger partial charge in [0.25, 0.3) is 0 Å². The lowest BCUT2D eigenvalue weighted by Crippen LogP contribution is -2.18. The predicted molar refractivity (Wildman–Crippen MR) is 86.9 cm³/mol. The SMILES string of the molecule is CCCCN(CCCC)Sc1nc2ccccc2s1. The molecule has 1 aromatic carbocycles. The molecule has 0 saturated carbocycles. The summed E-state index contributed by atoms with van der Waals surface area (Å²) < 4.78 is 4.94. The summed E-state index contributed by atoms with van der Waals surface area (Å²) in [6.07, 6.45) is 5.04. The van der Waals surface area contributed by atoms with Crippen molar-refractivity contribution in [3.8, 4) is 0 Å². The van der Waals surface area contributed by atoms with E-state index in [9.17, 15) is 0 Å². The Labute approximate surface area is 124 Å². The Morgan fingerprint density at radius 1 is 1.11 bits per heavy atom. The highest BCUT2D eigenvalue weighted by molar-refractivity contribution is 7.98. The molecule has 104 valence electrons. The highest BCUT2D eigenvalue weighted by Gasteiger charge is 2.10. The first kappa shape index (κ1) is 14.8. The second-order valence-electron chi connectivity index (χ2n) is 4.67. The molecular weight excluding hydrogens is 272 g/mol. The van der Waals surface area contributed by atoms with Crippen molar-refractivity contribution in [1.82, 2.24) is 9.29 Å². The third-order valence-corrected chi connectivity index (χ3v) is 5.18. The van der Waals surface area contributed by atoms with Crippen molar-refractivity contribution in [3.05, 3.63) is 24.3 Å². The van der Waals surface area contributed by atoms with E-state index in [-0.39, 0.29) is 0 Å². The van der Waals surface area contributed by atoms with Crippen LogP contribution in [0.15, 0.2) is 28.6 Å². The van der Waals surface area contributed by atoms with Gasteiger partial charge in [-0.05, 0) is 36.9 Å². The summed E-state index contributed by atoms with van der Waals surface area (Å²) in [5.74, 6) is 0. The van der Waals surface area contributed by atoms with E-state index in [0.29, 0.717) is 0 Å². The van der Waals surface area contributed by atoms with Crippen LogP contribution >= 0.6 is 23.3 Å². The standard InChI is InChI=1S/C15H22N2S2/c1-3-5-11-17(12-6-4-2)19-15-16-13-9-7-8-10-14(13)18-15/h7-10H,3-6,11-12H2,1-2H3. The molecule has 0 atom stereocenters. The smallest absolute Gasteiger partial charge is 0.166 e. The highest BCUT2D eigenvalue weighted by Crippen LogP contribution is 2.31. The number of hydrogen-bond donors (Lipinski definition) is 0. The number of benzene rings is 1. The lowest BCUT2D eigenvalue weighted by Gasteiger charge is -2.18. The molecule has 0 radical (unpaired) electrons. The molecule has 0 aliphatic heterocycles. The zero-order valence-electron chi connectivity index (χ0n) is 11.8. The number of fused-ring (bicyclic) bond motifs is 1. The molecule has 2 aromatic rings. The molecule has 2 nitrogen and oxygen atoms in total. The van der Waals surface area contributed by atoms with Crippen LogP contribution in [0, 0.1) is 0 Å². The van der Waals surface area contributed by atoms with Crippen molar-refractivity contribution in [2.75, 3.05) is 13.1 Å². The summed E-state index contributed by atoms with van der Waals surface area (Å²) in [6.45, 7) is 6.83. The Hall–Kier alpha value is -0.580. The lowest BCUT2D eigenvalue weighted by molar-refractivity contribution is 0.444. The number of nitrogens with zero attached hydrogens (tertiary/aromatic N) is 2. The zero-order valence-corrected chi connectivity index (χ0v) is 13.4. The summed E-state index contributed by atoms with van der Waals surface area (Å²) in [4.78, 5) is 4.71. The van der Waals surface area contributed by atoms with Crippen LogP contribution in [0.1, 0.15) is 39.5 Å². The third kappa shape index (κ3) is 4.48. The van der Waals surface area contributed by atoms with Crippen LogP contribution in [0.4, 0.5) is 0 Å². The fourth-order valence-electron chi connectivity index (χ4n) is 1.87. The summed E-state index contributed by atoms with van der Waals surface area (Å²) in [6, 6.07) is 8.39. The van der Waals surface area contributed by atoms with E-state index >= 15 is 0 Å². The van der Waals surface area contributed by atoms with Crippen molar-refractivity contribution in [3.63, 3.8) is 0 Å². The average molecular weight is 294 g/mol. The fourth-order valence-corrected chi connectivity index (χ4v) is 4.11. The molecule has 0 bridgehead atoms. The molecule has 0 spiro atoms. The molecule has 2 rings (SSSR count). The number of rotatable bonds is 8. The minimum absolute atomic E-state index is 1.13. The van der Waals surface area contributed by atoms with Crippen LogP contribution < -0.4 is 0 Å². The predicted octanol–water partition coefficient (Wildman–Crippen LogP) is 5.21. The van der Waals surface area contributed by atoms with Gasteiger partial charge in [-0.1, -0.05) is 38.8 Å². The quantitative estimate of drug-likeness (QED) is 0.622. The second-order valence-corrected chi connectivity index (χ2v) is 7.05.